The molecule has 0 radical (unpaired) electrons. The monoisotopic (exact) mass is 351 g/mol. The van der Waals surface area contributed by atoms with Crippen LogP contribution in [0.15, 0.2) is 0 Å². The summed E-state index contributed by atoms with van der Waals surface area (Å²) in [5.74, 6) is 1.09. The predicted molar refractivity (Wildman–Crippen MR) is 114 cm³/mol. The van der Waals surface area contributed by atoms with Crippen molar-refractivity contribution in [3.63, 3.8) is 0 Å². The fourth-order valence-electron chi connectivity index (χ4n) is 4.46. The molecule has 0 aromatic rings. The van der Waals surface area contributed by atoms with Gasteiger partial charge in [-0.2, -0.15) is 0 Å². The molecule has 0 N–H and O–H groups in total. The molecule has 0 aliphatic heterocycles. The maximum Gasteiger partial charge on any atom is -0.00187 e. The molecule has 0 amide bonds. The van der Waals surface area contributed by atoms with Crippen molar-refractivity contribution in [2.24, 2.45) is 5.92 Å². The van der Waals surface area contributed by atoms with Crippen molar-refractivity contribution < 1.29 is 0 Å². The lowest BCUT2D eigenvalue weighted by molar-refractivity contribution is 0.253. The zero-order valence-corrected chi connectivity index (χ0v) is 17.9. The Morgan fingerprint density at radius 3 is 1.56 bits per heavy atom. The third-order valence-electron chi connectivity index (χ3n) is 6.22. The smallest absolute Gasteiger partial charge is 0.00187 e. The summed E-state index contributed by atoms with van der Waals surface area (Å²) < 4.78 is 0. The third-order valence-corrected chi connectivity index (χ3v) is 6.22. The Morgan fingerprint density at radius 2 is 1.04 bits per heavy atom. The molecular formula is C24H49N. The van der Waals surface area contributed by atoms with Crippen molar-refractivity contribution in [2.75, 3.05) is 19.6 Å². The lowest BCUT2D eigenvalue weighted by atomic mass is 9.85. The van der Waals surface area contributed by atoms with E-state index in [-0.39, 0.29) is 0 Å². The minimum Gasteiger partial charge on any atom is -0.303 e. The molecular weight excluding hydrogens is 302 g/mol. The molecule has 150 valence electrons. The highest BCUT2D eigenvalue weighted by molar-refractivity contribution is 4.66. The molecule has 1 heteroatoms. The minimum absolute atomic E-state index is 1.09. The molecule has 1 saturated carbocycles. The van der Waals surface area contributed by atoms with Gasteiger partial charge in [-0.25, -0.2) is 0 Å². The van der Waals surface area contributed by atoms with E-state index in [1.165, 1.54) is 135 Å². The van der Waals surface area contributed by atoms with Crippen molar-refractivity contribution >= 4 is 0 Å². The molecule has 1 rings (SSSR count). The van der Waals surface area contributed by atoms with Gasteiger partial charge in [0.25, 0.3) is 0 Å². The van der Waals surface area contributed by atoms with Gasteiger partial charge >= 0.3 is 0 Å². The molecule has 0 unspecified atom stereocenters. The first-order valence-corrected chi connectivity index (χ1v) is 12.1. The standard InChI is InChI=1S/C24H49N/c1-3-5-7-15-21-25(22-16-8-6-4-2)23-17-10-9-12-18-24-19-13-11-14-20-24/h24H,3-23H2,1-2H3. The average molecular weight is 352 g/mol. The quantitative estimate of drug-likeness (QED) is 0.240. The van der Waals surface area contributed by atoms with E-state index in [9.17, 15) is 0 Å². The maximum atomic E-state index is 2.78. The fourth-order valence-corrected chi connectivity index (χ4v) is 4.46. The summed E-state index contributed by atoms with van der Waals surface area (Å²) in [6.45, 7) is 8.70. The summed E-state index contributed by atoms with van der Waals surface area (Å²) in [7, 11) is 0. The van der Waals surface area contributed by atoms with E-state index in [1.807, 2.05) is 0 Å². The van der Waals surface area contributed by atoms with E-state index in [2.05, 4.69) is 18.7 Å². The second-order valence-corrected chi connectivity index (χ2v) is 8.67. The fraction of sp³-hybridized carbons (Fsp3) is 1.00. The van der Waals surface area contributed by atoms with Crippen molar-refractivity contribution in [3.05, 3.63) is 0 Å². The van der Waals surface area contributed by atoms with E-state index < -0.39 is 0 Å². The molecule has 1 aliphatic carbocycles. The van der Waals surface area contributed by atoms with Gasteiger partial charge in [0.05, 0.1) is 0 Å². The number of hydrogen-bond donors (Lipinski definition) is 0. The number of unbranched alkanes of at least 4 members (excludes halogenated alkanes) is 9. The SMILES string of the molecule is CCCCCCN(CCCCCC)CCCCCCC1CCCCC1. The first kappa shape index (κ1) is 23.0. The topological polar surface area (TPSA) is 3.24 Å². The van der Waals surface area contributed by atoms with Crippen molar-refractivity contribution in [2.45, 2.75) is 129 Å². The van der Waals surface area contributed by atoms with Gasteiger partial charge in [-0.3, -0.25) is 0 Å². The summed E-state index contributed by atoms with van der Waals surface area (Å²) in [6.07, 6.45) is 26.3. The Labute approximate surface area is 160 Å². The van der Waals surface area contributed by atoms with Crippen LogP contribution in [0.1, 0.15) is 129 Å². The van der Waals surface area contributed by atoms with Crippen LogP contribution in [-0.4, -0.2) is 24.5 Å². The van der Waals surface area contributed by atoms with Crippen LogP contribution in [0.25, 0.3) is 0 Å². The zero-order chi connectivity index (χ0) is 18.0. The second-order valence-electron chi connectivity index (χ2n) is 8.67. The molecule has 1 fully saturated rings. The van der Waals surface area contributed by atoms with E-state index in [1.54, 1.807) is 0 Å². The van der Waals surface area contributed by atoms with Gasteiger partial charge in [0.15, 0.2) is 0 Å². The van der Waals surface area contributed by atoms with Gasteiger partial charge in [-0.05, 0) is 44.8 Å². The van der Waals surface area contributed by atoms with Crippen molar-refractivity contribution in [1.82, 2.24) is 4.90 Å². The molecule has 0 saturated heterocycles. The van der Waals surface area contributed by atoms with Crippen molar-refractivity contribution in [1.29, 1.82) is 0 Å². The number of rotatable bonds is 17. The van der Waals surface area contributed by atoms with E-state index in [4.69, 9.17) is 0 Å². The normalized spacial score (nSPS) is 16.0. The molecule has 0 heterocycles. The summed E-state index contributed by atoms with van der Waals surface area (Å²) >= 11 is 0. The summed E-state index contributed by atoms with van der Waals surface area (Å²) in [5.41, 5.74) is 0. The number of hydrogen-bond acceptors (Lipinski definition) is 1. The molecule has 0 aromatic heterocycles. The summed E-state index contributed by atoms with van der Waals surface area (Å²) in [6, 6.07) is 0. The van der Waals surface area contributed by atoms with Gasteiger partial charge in [-0.15, -0.1) is 0 Å². The molecule has 0 bridgehead atoms. The van der Waals surface area contributed by atoms with Gasteiger partial charge in [-0.1, -0.05) is 110 Å². The molecule has 0 spiro atoms. The molecule has 1 aliphatic rings. The van der Waals surface area contributed by atoms with Crippen LogP contribution < -0.4 is 0 Å². The lowest BCUT2D eigenvalue weighted by Crippen LogP contribution is -2.27. The Balaban J connectivity index is 2.03. The van der Waals surface area contributed by atoms with Crippen LogP contribution in [0.3, 0.4) is 0 Å². The largest absolute Gasteiger partial charge is 0.303 e. The first-order valence-electron chi connectivity index (χ1n) is 12.1. The Bertz CT molecular complexity index is 245. The Morgan fingerprint density at radius 1 is 0.560 bits per heavy atom. The van der Waals surface area contributed by atoms with Crippen molar-refractivity contribution in [3.8, 4) is 0 Å². The molecule has 0 atom stereocenters. The Hall–Kier alpha value is -0.0400. The Kier molecular flexibility index (Phi) is 16.0. The van der Waals surface area contributed by atoms with E-state index >= 15 is 0 Å². The minimum atomic E-state index is 1.09. The predicted octanol–water partition coefficient (Wildman–Crippen LogP) is 7.98. The highest BCUT2D eigenvalue weighted by Gasteiger charge is 2.12. The zero-order valence-electron chi connectivity index (χ0n) is 17.9. The van der Waals surface area contributed by atoms with E-state index in [0.717, 1.165) is 5.92 Å². The highest BCUT2D eigenvalue weighted by atomic mass is 15.1. The third kappa shape index (κ3) is 13.8. The molecule has 25 heavy (non-hydrogen) atoms. The van der Waals surface area contributed by atoms with Crippen LogP contribution in [0.4, 0.5) is 0 Å². The first-order chi connectivity index (χ1) is 12.4. The van der Waals surface area contributed by atoms with Crippen LogP contribution in [-0.2, 0) is 0 Å². The van der Waals surface area contributed by atoms with Crippen LogP contribution in [0, 0.1) is 5.92 Å². The van der Waals surface area contributed by atoms with Crippen LogP contribution in [0.5, 0.6) is 0 Å². The van der Waals surface area contributed by atoms with E-state index in [0.29, 0.717) is 0 Å². The lowest BCUT2D eigenvalue weighted by Gasteiger charge is -2.23. The summed E-state index contributed by atoms with van der Waals surface area (Å²) in [5, 5.41) is 0. The maximum absolute atomic E-state index is 2.78. The molecule has 0 aromatic carbocycles. The van der Waals surface area contributed by atoms with Crippen LogP contribution in [0.2, 0.25) is 0 Å². The van der Waals surface area contributed by atoms with Gasteiger partial charge in [0.1, 0.15) is 0 Å². The highest BCUT2D eigenvalue weighted by Crippen LogP contribution is 2.28. The summed E-state index contributed by atoms with van der Waals surface area (Å²) in [4.78, 5) is 2.78. The average Bonchev–Trinajstić information content (AvgIpc) is 2.65. The van der Waals surface area contributed by atoms with Gasteiger partial charge < -0.3 is 4.90 Å². The van der Waals surface area contributed by atoms with Gasteiger partial charge in [0, 0.05) is 0 Å². The molecule has 1 nitrogen and oxygen atoms in total. The van der Waals surface area contributed by atoms with Crippen LogP contribution >= 0.6 is 0 Å². The second kappa shape index (κ2) is 17.4. The number of nitrogens with zero attached hydrogens (tertiary/aromatic N) is 1. The van der Waals surface area contributed by atoms with Gasteiger partial charge in [0.2, 0.25) is 0 Å².